The average molecular weight is 393 g/mol. The molecule has 0 fully saturated rings. The first kappa shape index (κ1) is 17.6. The van der Waals surface area contributed by atoms with Crippen molar-refractivity contribution in [3.8, 4) is 16.9 Å². The third-order valence-corrected chi connectivity index (χ3v) is 4.36. The van der Waals surface area contributed by atoms with Crippen molar-refractivity contribution in [2.24, 2.45) is 0 Å². The Labute approximate surface area is 159 Å². The van der Waals surface area contributed by atoms with E-state index in [0.717, 1.165) is 5.56 Å². The van der Waals surface area contributed by atoms with Gasteiger partial charge in [0, 0.05) is 15.6 Å². The van der Waals surface area contributed by atoms with Gasteiger partial charge in [-0.05, 0) is 35.9 Å². The molecule has 126 valence electrons. The summed E-state index contributed by atoms with van der Waals surface area (Å²) in [5.41, 5.74) is 1.61. The van der Waals surface area contributed by atoms with Gasteiger partial charge in [0.2, 0.25) is 0 Å². The van der Waals surface area contributed by atoms with Gasteiger partial charge in [-0.15, -0.1) is 0 Å². The molecule has 0 aliphatic heterocycles. The number of aromatic hydroxyl groups is 1. The van der Waals surface area contributed by atoms with E-state index in [0.29, 0.717) is 26.3 Å². The molecule has 0 aliphatic carbocycles. The number of phenols is 1. The van der Waals surface area contributed by atoms with Crippen LogP contribution in [0.4, 0.5) is 5.69 Å². The fourth-order valence-electron chi connectivity index (χ4n) is 2.39. The summed E-state index contributed by atoms with van der Waals surface area (Å²) in [5.74, 6) is -0.701. The van der Waals surface area contributed by atoms with Crippen LogP contribution in [0.15, 0.2) is 60.7 Å². The highest BCUT2D eigenvalue weighted by Crippen LogP contribution is 2.36. The molecule has 0 radical (unpaired) electrons. The van der Waals surface area contributed by atoms with Crippen LogP contribution in [0, 0.1) is 0 Å². The Bertz CT molecular complexity index is 943. The third-order valence-electron chi connectivity index (χ3n) is 3.58. The lowest BCUT2D eigenvalue weighted by atomic mass is 10.0. The van der Waals surface area contributed by atoms with E-state index in [1.807, 2.05) is 30.3 Å². The second-order valence-electron chi connectivity index (χ2n) is 5.29. The second-order valence-corrected chi connectivity index (χ2v) is 6.57. The quantitative estimate of drug-likeness (QED) is 0.551. The zero-order valence-corrected chi connectivity index (χ0v) is 15.0. The molecule has 0 saturated carbocycles. The summed E-state index contributed by atoms with van der Waals surface area (Å²) in [6.45, 7) is 0. The molecule has 0 aromatic heterocycles. The lowest BCUT2D eigenvalue weighted by Crippen LogP contribution is -2.13. The van der Waals surface area contributed by atoms with Crippen LogP contribution in [-0.2, 0) is 0 Å². The predicted octanol–water partition coefficient (Wildman–Crippen LogP) is 6.27. The highest BCUT2D eigenvalue weighted by molar-refractivity contribution is 6.36. The standard InChI is InChI=1S/C19H12Cl3NO2/c20-12-6-7-16(22)17(10-12)23-19(25)15-9-13(21)8-14(18(15)24)11-4-2-1-3-5-11/h1-10,24H,(H,23,25). The Hall–Kier alpha value is -2.20. The summed E-state index contributed by atoms with van der Waals surface area (Å²) in [4.78, 5) is 12.6. The van der Waals surface area contributed by atoms with Gasteiger partial charge >= 0.3 is 0 Å². The number of halogens is 3. The van der Waals surface area contributed by atoms with Crippen LogP contribution in [0.1, 0.15) is 10.4 Å². The topological polar surface area (TPSA) is 49.3 Å². The van der Waals surface area contributed by atoms with Crippen LogP contribution in [0.25, 0.3) is 11.1 Å². The van der Waals surface area contributed by atoms with Crippen molar-refractivity contribution in [1.82, 2.24) is 0 Å². The van der Waals surface area contributed by atoms with Crippen LogP contribution >= 0.6 is 34.8 Å². The summed E-state index contributed by atoms with van der Waals surface area (Å²) in [7, 11) is 0. The highest BCUT2D eigenvalue weighted by Gasteiger charge is 2.18. The largest absolute Gasteiger partial charge is 0.506 e. The predicted molar refractivity (Wildman–Crippen MR) is 103 cm³/mol. The number of phenolic OH excluding ortho intramolecular Hbond substituents is 1. The van der Waals surface area contributed by atoms with E-state index in [-0.39, 0.29) is 11.3 Å². The minimum Gasteiger partial charge on any atom is -0.506 e. The molecule has 0 saturated heterocycles. The van der Waals surface area contributed by atoms with Crippen LogP contribution in [0.3, 0.4) is 0 Å². The number of hydrogen-bond acceptors (Lipinski definition) is 2. The number of rotatable bonds is 3. The molecule has 6 heteroatoms. The van der Waals surface area contributed by atoms with Crippen molar-refractivity contribution in [2.45, 2.75) is 0 Å². The van der Waals surface area contributed by atoms with Crippen LogP contribution < -0.4 is 5.32 Å². The van der Waals surface area contributed by atoms with Gasteiger partial charge in [0.15, 0.2) is 0 Å². The number of carbonyl (C=O) groups excluding carboxylic acids is 1. The van der Waals surface area contributed by atoms with Crippen molar-refractivity contribution in [1.29, 1.82) is 0 Å². The van der Waals surface area contributed by atoms with Crippen LogP contribution in [0.5, 0.6) is 5.75 Å². The SMILES string of the molecule is O=C(Nc1cc(Cl)ccc1Cl)c1cc(Cl)cc(-c2ccccc2)c1O. The fraction of sp³-hybridized carbons (Fsp3) is 0. The lowest BCUT2D eigenvalue weighted by molar-refractivity contribution is 0.102. The van der Waals surface area contributed by atoms with Gasteiger partial charge in [-0.25, -0.2) is 0 Å². The summed E-state index contributed by atoms with van der Waals surface area (Å²) < 4.78 is 0. The molecule has 0 heterocycles. The first-order valence-electron chi connectivity index (χ1n) is 7.30. The van der Waals surface area contributed by atoms with Crippen molar-refractivity contribution < 1.29 is 9.90 Å². The molecule has 2 N–H and O–H groups in total. The summed E-state index contributed by atoms with van der Waals surface area (Å²) in [6.07, 6.45) is 0. The molecule has 1 amide bonds. The Morgan fingerprint density at radius 2 is 1.60 bits per heavy atom. The maximum Gasteiger partial charge on any atom is 0.259 e. The third kappa shape index (κ3) is 3.90. The van der Waals surface area contributed by atoms with Gasteiger partial charge in [0.25, 0.3) is 5.91 Å². The van der Waals surface area contributed by atoms with Crippen LogP contribution in [0.2, 0.25) is 15.1 Å². The fourth-order valence-corrected chi connectivity index (χ4v) is 2.95. The number of anilines is 1. The van der Waals surface area contributed by atoms with E-state index in [4.69, 9.17) is 34.8 Å². The van der Waals surface area contributed by atoms with Gasteiger partial charge in [0.1, 0.15) is 5.75 Å². The van der Waals surface area contributed by atoms with E-state index in [9.17, 15) is 9.90 Å². The maximum atomic E-state index is 12.6. The zero-order chi connectivity index (χ0) is 18.0. The molecular formula is C19H12Cl3NO2. The van der Waals surface area contributed by atoms with Crippen molar-refractivity contribution in [3.05, 3.63) is 81.3 Å². The lowest BCUT2D eigenvalue weighted by Gasteiger charge is -2.12. The van der Waals surface area contributed by atoms with Crippen LogP contribution in [-0.4, -0.2) is 11.0 Å². The highest BCUT2D eigenvalue weighted by atomic mass is 35.5. The van der Waals surface area contributed by atoms with E-state index >= 15 is 0 Å². The normalized spacial score (nSPS) is 10.5. The van der Waals surface area contributed by atoms with Gasteiger partial charge < -0.3 is 10.4 Å². The maximum absolute atomic E-state index is 12.6. The Kier molecular flexibility index (Phi) is 5.19. The monoisotopic (exact) mass is 391 g/mol. The molecule has 3 aromatic carbocycles. The first-order chi connectivity index (χ1) is 12.0. The summed E-state index contributed by atoms with van der Waals surface area (Å²) >= 11 is 18.1. The van der Waals surface area contributed by atoms with E-state index in [1.54, 1.807) is 18.2 Å². The van der Waals surface area contributed by atoms with Crippen molar-refractivity contribution >= 4 is 46.4 Å². The Balaban J connectivity index is 2.01. The minimum absolute atomic E-state index is 0.0439. The molecule has 25 heavy (non-hydrogen) atoms. The van der Waals surface area contributed by atoms with Gasteiger partial charge in [-0.1, -0.05) is 65.1 Å². The van der Waals surface area contributed by atoms with E-state index in [1.165, 1.54) is 12.1 Å². The van der Waals surface area contributed by atoms with E-state index < -0.39 is 5.91 Å². The van der Waals surface area contributed by atoms with Crippen molar-refractivity contribution in [2.75, 3.05) is 5.32 Å². The molecule has 0 spiro atoms. The number of amides is 1. The number of carbonyl (C=O) groups is 1. The smallest absolute Gasteiger partial charge is 0.259 e. The Morgan fingerprint density at radius 1 is 0.880 bits per heavy atom. The van der Waals surface area contributed by atoms with Crippen molar-refractivity contribution in [3.63, 3.8) is 0 Å². The second kappa shape index (κ2) is 7.36. The molecule has 3 aromatic rings. The molecule has 0 atom stereocenters. The van der Waals surface area contributed by atoms with E-state index in [2.05, 4.69) is 5.32 Å². The molecule has 0 unspecified atom stereocenters. The Morgan fingerprint density at radius 3 is 2.32 bits per heavy atom. The van der Waals surface area contributed by atoms with Gasteiger partial charge in [-0.3, -0.25) is 4.79 Å². The zero-order valence-electron chi connectivity index (χ0n) is 12.8. The number of nitrogens with one attached hydrogen (secondary N) is 1. The molecule has 0 aliphatic rings. The van der Waals surface area contributed by atoms with Gasteiger partial charge in [0.05, 0.1) is 16.3 Å². The number of benzene rings is 3. The molecule has 3 rings (SSSR count). The summed E-state index contributed by atoms with van der Waals surface area (Å²) in [6, 6.07) is 16.9. The number of hydrogen-bond donors (Lipinski definition) is 2. The van der Waals surface area contributed by atoms with Gasteiger partial charge in [-0.2, -0.15) is 0 Å². The molecule has 0 bridgehead atoms. The summed E-state index contributed by atoms with van der Waals surface area (Å²) in [5, 5.41) is 14.3. The molecular weight excluding hydrogens is 381 g/mol. The first-order valence-corrected chi connectivity index (χ1v) is 8.43. The molecule has 3 nitrogen and oxygen atoms in total. The average Bonchev–Trinajstić information content (AvgIpc) is 2.60. The minimum atomic E-state index is -0.540.